The Balaban J connectivity index is 1.66. The second kappa shape index (κ2) is 4.10. The third-order valence-electron chi connectivity index (χ3n) is 5.64. The largest absolute Gasteiger partial charge is 0.494 e. The van der Waals surface area contributed by atoms with Gasteiger partial charge in [-0.3, -0.25) is 9.36 Å². The van der Waals surface area contributed by atoms with E-state index in [4.69, 9.17) is 0 Å². The number of hydrogen-bond donors (Lipinski definition) is 3. The summed E-state index contributed by atoms with van der Waals surface area (Å²) in [6.07, 6.45) is 5.47. The smallest absolute Gasteiger partial charge is 0.235 e. The van der Waals surface area contributed by atoms with E-state index in [9.17, 15) is 15.0 Å². The lowest BCUT2D eigenvalue weighted by Gasteiger charge is -2.10. The first kappa shape index (κ1) is 13.0. The standard InChI is InChI=1S/C18H18N2O3/c21-15-11-3-1-2-4-12(11)16(22)20(15)10-5-6-13-14(9-10)19-17(23)18(13)7-8-18/h5-6,9,21-22H,1-4,7-8H2,(H,19,23). The molecule has 1 spiro atoms. The van der Waals surface area contributed by atoms with Crippen molar-refractivity contribution in [2.75, 3.05) is 5.32 Å². The first-order valence-corrected chi connectivity index (χ1v) is 8.22. The number of benzene rings is 1. The minimum Gasteiger partial charge on any atom is -0.494 e. The van der Waals surface area contributed by atoms with Gasteiger partial charge in [-0.25, -0.2) is 0 Å². The number of rotatable bonds is 1. The molecule has 1 amide bonds. The molecule has 118 valence electrons. The van der Waals surface area contributed by atoms with Crippen molar-refractivity contribution in [2.24, 2.45) is 0 Å². The normalized spacial score (nSPS) is 20.3. The van der Waals surface area contributed by atoms with Crippen LogP contribution in [0.2, 0.25) is 0 Å². The molecule has 2 heterocycles. The van der Waals surface area contributed by atoms with E-state index >= 15 is 0 Å². The lowest BCUT2D eigenvalue weighted by molar-refractivity contribution is -0.117. The number of aromatic hydroxyl groups is 2. The molecule has 3 aliphatic rings. The van der Waals surface area contributed by atoms with Crippen molar-refractivity contribution in [2.45, 2.75) is 43.9 Å². The molecular formula is C18H18N2O3. The predicted molar refractivity (Wildman–Crippen MR) is 85.3 cm³/mol. The maximum Gasteiger partial charge on any atom is 0.235 e. The molecule has 1 aliphatic heterocycles. The van der Waals surface area contributed by atoms with Gasteiger partial charge in [-0.1, -0.05) is 6.07 Å². The minimum absolute atomic E-state index is 0.0740. The van der Waals surface area contributed by atoms with E-state index in [1.165, 1.54) is 4.57 Å². The van der Waals surface area contributed by atoms with Crippen molar-refractivity contribution in [3.8, 4) is 17.4 Å². The van der Waals surface area contributed by atoms with Crippen LogP contribution in [-0.2, 0) is 23.1 Å². The Kier molecular flexibility index (Phi) is 2.33. The van der Waals surface area contributed by atoms with Crippen molar-refractivity contribution >= 4 is 11.6 Å². The van der Waals surface area contributed by atoms with Gasteiger partial charge in [0.05, 0.1) is 11.1 Å². The summed E-state index contributed by atoms with van der Waals surface area (Å²) in [4.78, 5) is 12.1. The van der Waals surface area contributed by atoms with Gasteiger partial charge in [0.25, 0.3) is 0 Å². The molecule has 2 aromatic rings. The number of fused-ring (bicyclic) bond motifs is 3. The van der Waals surface area contributed by atoms with E-state index in [0.29, 0.717) is 5.69 Å². The highest BCUT2D eigenvalue weighted by Gasteiger charge is 2.56. The first-order valence-electron chi connectivity index (χ1n) is 8.22. The van der Waals surface area contributed by atoms with E-state index < -0.39 is 0 Å². The van der Waals surface area contributed by atoms with E-state index in [1.54, 1.807) is 0 Å². The number of hydrogen-bond acceptors (Lipinski definition) is 3. The molecule has 1 aromatic carbocycles. The molecule has 5 rings (SSSR count). The van der Waals surface area contributed by atoms with E-state index in [1.807, 2.05) is 18.2 Å². The third-order valence-corrected chi connectivity index (χ3v) is 5.64. The Morgan fingerprint density at radius 2 is 1.70 bits per heavy atom. The average molecular weight is 310 g/mol. The Morgan fingerprint density at radius 1 is 1.04 bits per heavy atom. The summed E-state index contributed by atoms with van der Waals surface area (Å²) in [6.45, 7) is 0. The summed E-state index contributed by atoms with van der Waals surface area (Å²) in [5.74, 6) is 0.329. The van der Waals surface area contributed by atoms with Crippen LogP contribution in [0.3, 0.4) is 0 Å². The molecule has 1 saturated carbocycles. The molecule has 0 atom stereocenters. The summed E-state index contributed by atoms with van der Waals surface area (Å²) in [5.41, 5.74) is 3.94. The highest BCUT2D eigenvalue weighted by Crippen LogP contribution is 2.55. The second-order valence-electron chi connectivity index (χ2n) is 6.91. The van der Waals surface area contributed by atoms with Crippen LogP contribution in [0.5, 0.6) is 11.8 Å². The Hall–Kier alpha value is -2.43. The molecule has 5 nitrogen and oxygen atoms in total. The van der Waals surface area contributed by atoms with Crippen LogP contribution in [0.25, 0.3) is 5.69 Å². The summed E-state index contributed by atoms with van der Waals surface area (Å²) in [7, 11) is 0. The van der Waals surface area contributed by atoms with Crippen LogP contribution in [0.4, 0.5) is 5.69 Å². The zero-order valence-corrected chi connectivity index (χ0v) is 12.7. The van der Waals surface area contributed by atoms with Crippen molar-refractivity contribution in [1.29, 1.82) is 0 Å². The van der Waals surface area contributed by atoms with Crippen LogP contribution in [0.1, 0.15) is 42.4 Å². The molecule has 0 saturated heterocycles. The molecule has 2 aliphatic carbocycles. The number of carbonyl (C=O) groups is 1. The van der Waals surface area contributed by atoms with Gasteiger partial charge < -0.3 is 15.5 Å². The van der Waals surface area contributed by atoms with Gasteiger partial charge in [0.2, 0.25) is 17.7 Å². The summed E-state index contributed by atoms with van der Waals surface area (Å²) in [6, 6.07) is 5.68. The second-order valence-corrected chi connectivity index (χ2v) is 6.91. The minimum atomic E-state index is -0.312. The topological polar surface area (TPSA) is 74.5 Å². The van der Waals surface area contributed by atoms with E-state index in [2.05, 4.69) is 5.32 Å². The zero-order chi connectivity index (χ0) is 15.8. The molecular weight excluding hydrogens is 292 g/mol. The van der Waals surface area contributed by atoms with Gasteiger partial charge in [-0.05, 0) is 56.2 Å². The zero-order valence-electron chi connectivity index (χ0n) is 12.7. The quantitative estimate of drug-likeness (QED) is 0.758. The molecule has 1 fully saturated rings. The third kappa shape index (κ3) is 1.54. The lowest BCUT2D eigenvalue weighted by Crippen LogP contribution is -2.18. The summed E-state index contributed by atoms with van der Waals surface area (Å²) >= 11 is 0. The Bertz CT molecular complexity index is 832. The van der Waals surface area contributed by atoms with Crippen LogP contribution >= 0.6 is 0 Å². The highest BCUT2D eigenvalue weighted by atomic mass is 16.3. The number of amides is 1. The SMILES string of the molecule is O=C1Nc2cc(-n3c(O)c4c(c3O)CCCC4)ccc2C12CC2. The maximum atomic E-state index is 12.1. The van der Waals surface area contributed by atoms with Crippen molar-refractivity contribution in [3.63, 3.8) is 0 Å². The Morgan fingerprint density at radius 3 is 2.30 bits per heavy atom. The van der Waals surface area contributed by atoms with E-state index in [0.717, 1.165) is 60.9 Å². The molecule has 23 heavy (non-hydrogen) atoms. The number of aromatic nitrogens is 1. The number of anilines is 1. The Labute approximate surface area is 133 Å². The number of nitrogens with one attached hydrogen (secondary N) is 1. The van der Waals surface area contributed by atoms with Gasteiger partial charge in [0.1, 0.15) is 0 Å². The fraction of sp³-hybridized carbons (Fsp3) is 0.389. The van der Waals surface area contributed by atoms with Crippen molar-refractivity contribution in [1.82, 2.24) is 4.57 Å². The molecule has 5 heteroatoms. The molecule has 0 radical (unpaired) electrons. The summed E-state index contributed by atoms with van der Waals surface area (Å²) < 4.78 is 1.50. The van der Waals surface area contributed by atoms with Crippen LogP contribution in [0, 0.1) is 0 Å². The molecule has 1 aromatic heterocycles. The monoisotopic (exact) mass is 310 g/mol. The maximum absolute atomic E-state index is 12.1. The lowest BCUT2D eigenvalue weighted by atomic mass is 9.95. The van der Waals surface area contributed by atoms with Crippen LogP contribution < -0.4 is 5.32 Å². The van der Waals surface area contributed by atoms with Crippen LogP contribution in [-0.4, -0.2) is 20.7 Å². The van der Waals surface area contributed by atoms with E-state index in [-0.39, 0.29) is 23.1 Å². The van der Waals surface area contributed by atoms with Gasteiger partial charge in [-0.2, -0.15) is 0 Å². The average Bonchev–Trinajstić information content (AvgIpc) is 3.26. The number of nitrogens with zero attached hydrogens (tertiary/aromatic N) is 1. The van der Waals surface area contributed by atoms with Gasteiger partial charge >= 0.3 is 0 Å². The predicted octanol–water partition coefficient (Wildman–Crippen LogP) is 2.75. The van der Waals surface area contributed by atoms with Gasteiger partial charge in [0, 0.05) is 16.8 Å². The molecule has 0 unspecified atom stereocenters. The summed E-state index contributed by atoms with van der Waals surface area (Å²) in [5, 5.41) is 24.0. The first-order chi connectivity index (χ1) is 11.1. The number of carbonyl (C=O) groups excluding carboxylic acids is 1. The molecule has 3 N–H and O–H groups in total. The fourth-order valence-electron chi connectivity index (χ4n) is 4.19. The van der Waals surface area contributed by atoms with Crippen LogP contribution in [0.15, 0.2) is 18.2 Å². The fourth-order valence-corrected chi connectivity index (χ4v) is 4.19. The van der Waals surface area contributed by atoms with Crippen molar-refractivity contribution < 1.29 is 15.0 Å². The molecule has 0 bridgehead atoms. The van der Waals surface area contributed by atoms with Crippen molar-refractivity contribution in [3.05, 3.63) is 34.9 Å². The van der Waals surface area contributed by atoms with Gasteiger partial charge in [0.15, 0.2) is 0 Å². The van der Waals surface area contributed by atoms with Gasteiger partial charge in [-0.15, -0.1) is 0 Å². The highest BCUT2D eigenvalue weighted by molar-refractivity contribution is 6.08.